The molecule has 0 atom stereocenters. The molecule has 0 aromatic heterocycles. The highest BCUT2D eigenvalue weighted by atomic mass is 32.2. The molecule has 110 valence electrons. The molecule has 0 fully saturated rings. The van der Waals surface area contributed by atoms with E-state index in [-0.39, 0.29) is 5.91 Å². The molecule has 0 bridgehead atoms. The fourth-order valence-corrected chi connectivity index (χ4v) is 2.82. The van der Waals surface area contributed by atoms with Crippen LogP contribution in [-0.4, -0.2) is 23.6 Å². The Morgan fingerprint density at radius 2 is 1.90 bits per heavy atom. The molecule has 0 unspecified atom stereocenters. The predicted octanol–water partition coefficient (Wildman–Crippen LogP) is 3.33. The summed E-state index contributed by atoms with van der Waals surface area (Å²) >= 11 is 1.51. The number of amides is 1. The van der Waals surface area contributed by atoms with Crippen LogP contribution in [0.25, 0.3) is 0 Å². The summed E-state index contributed by atoms with van der Waals surface area (Å²) in [5.41, 5.74) is 8.82. The van der Waals surface area contributed by atoms with Crippen LogP contribution in [0.1, 0.15) is 11.1 Å². The quantitative estimate of drug-likeness (QED) is 0.680. The topological polar surface area (TPSA) is 46.3 Å². The predicted molar refractivity (Wildman–Crippen MR) is 89.2 cm³/mol. The minimum atomic E-state index is 0.114. The van der Waals surface area contributed by atoms with Gasteiger partial charge >= 0.3 is 0 Å². The first-order chi connectivity index (χ1) is 10.0. The Bertz CT molecular complexity index is 610. The lowest BCUT2D eigenvalue weighted by molar-refractivity contribution is -0.127. The van der Waals surface area contributed by atoms with Gasteiger partial charge in [-0.05, 0) is 30.7 Å². The lowest BCUT2D eigenvalue weighted by Crippen LogP contribution is -2.27. The third-order valence-electron chi connectivity index (χ3n) is 3.19. The van der Waals surface area contributed by atoms with Gasteiger partial charge in [-0.3, -0.25) is 4.79 Å². The number of hydrogen-bond donors (Lipinski definition) is 1. The van der Waals surface area contributed by atoms with Crippen molar-refractivity contribution in [2.24, 2.45) is 0 Å². The second-order valence-corrected chi connectivity index (χ2v) is 6.15. The summed E-state index contributed by atoms with van der Waals surface area (Å²) in [6, 6.07) is 15.8. The average Bonchev–Trinajstić information content (AvgIpc) is 2.47. The number of anilines is 1. The van der Waals surface area contributed by atoms with Crippen LogP contribution in [0.5, 0.6) is 0 Å². The Morgan fingerprint density at radius 3 is 2.57 bits per heavy atom. The molecule has 21 heavy (non-hydrogen) atoms. The summed E-state index contributed by atoms with van der Waals surface area (Å²) in [7, 11) is 1.84. The number of nitrogens with two attached hydrogens (primary N) is 1. The van der Waals surface area contributed by atoms with E-state index in [1.807, 2.05) is 31.3 Å². The van der Waals surface area contributed by atoms with E-state index in [9.17, 15) is 4.79 Å². The molecule has 0 spiro atoms. The first kappa shape index (κ1) is 15.4. The number of hydrogen-bond acceptors (Lipinski definition) is 3. The molecule has 0 aliphatic carbocycles. The largest absolute Gasteiger partial charge is 0.399 e. The Kier molecular flexibility index (Phi) is 5.28. The van der Waals surface area contributed by atoms with Gasteiger partial charge in [0.15, 0.2) is 0 Å². The van der Waals surface area contributed by atoms with E-state index in [0.717, 1.165) is 16.1 Å². The summed E-state index contributed by atoms with van der Waals surface area (Å²) in [5, 5.41) is 0. The molecule has 3 nitrogen and oxygen atoms in total. The van der Waals surface area contributed by atoms with E-state index in [0.29, 0.717) is 12.3 Å². The van der Waals surface area contributed by atoms with Gasteiger partial charge in [0.1, 0.15) is 0 Å². The minimum Gasteiger partial charge on any atom is -0.399 e. The van der Waals surface area contributed by atoms with Gasteiger partial charge < -0.3 is 10.6 Å². The van der Waals surface area contributed by atoms with Gasteiger partial charge in [-0.1, -0.05) is 35.9 Å². The minimum absolute atomic E-state index is 0.114. The van der Waals surface area contributed by atoms with Gasteiger partial charge in [-0.25, -0.2) is 0 Å². The fourth-order valence-electron chi connectivity index (χ4n) is 1.92. The Labute approximate surface area is 130 Å². The van der Waals surface area contributed by atoms with Crippen molar-refractivity contribution in [2.75, 3.05) is 18.5 Å². The number of nitrogen functional groups attached to an aromatic ring is 1. The number of carbonyl (C=O) groups excluding carboxylic acids is 1. The summed E-state index contributed by atoms with van der Waals surface area (Å²) in [6.45, 7) is 2.69. The number of carbonyl (C=O) groups is 1. The van der Waals surface area contributed by atoms with Crippen molar-refractivity contribution < 1.29 is 4.79 Å². The van der Waals surface area contributed by atoms with E-state index in [1.54, 1.807) is 4.90 Å². The molecule has 0 aliphatic rings. The van der Waals surface area contributed by atoms with Gasteiger partial charge in [0.05, 0.1) is 5.75 Å². The lowest BCUT2D eigenvalue weighted by Gasteiger charge is -2.17. The van der Waals surface area contributed by atoms with Crippen LogP contribution in [0.2, 0.25) is 0 Å². The van der Waals surface area contributed by atoms with Crippen molar-refractivity contribution >= 4 is 23.4 Å². The number of thioether (sulfide) groups is 1. The average molecular weight is 300 g/mol. The van der Waals surface area contributed by atoms with Crippen LogP contribution in [0.15, 0.2) is 53.4 Å². The van der Waals surface area contributed by atoms with Crippen molar-refractivity contribution in [3.63, 3.8) is 0 Å². The first-order valence-corrected chi connectivity index (χ1v) is 7.81. The maximum atomic E-state index is 12.1. The number of benzene rings is 2. The molecule has 2 aromatic carbocycles. The van der Waals surface area contributed by atoms with Gasteiger partial charge in [-0.2, -0.15) is 0 Å². The molecule has 0 saturated heterocycles. The number of aryl methyl sites for hydroxylation is 1. The zero-order valence-corrected chi connectivity index (χ0v) is 13.2. The van der Waals surface area contributed by atoms with Crippen LogP contribution in [0, 0.1) is 6.92 Å². The van der Waals surface area contributed by atoms with Crippen LogP contribution in [-0.2, 0) is 11.3 Å². The monoisotopic (exact) mass is 300 g/mol. The van der Waals surface area contributed by atoms with Crippen molar-refractivity contribution in [2.45, 2.75) is 18.4 Å². The zero-order chi connectivity index (χ0) is 15.2. The molecule has 4 heteroatoms. The highest BCUT2D eigenvalue weighted by Crippen LogP contribution is 2.20. The lowest BCUT2D eigenvalue weighted by atomic mass is 10.1. The van der Waals surface area contributed by atoms with Crippen LogP contribution >= 0.6 is 11.8 Å². The van der Waals surface area contributed by atoms with E-state index in [2.05, 4.69) is 31.2 Å². The Morgan fingerprint density at radius 1 is 1.19 bits per heavy atom. The molecular formula is C17H20N2OS. The third kappa shape index (κ3) is 4.83. The molecule has 2 rings (SSSR count). The van der Waals surface area contributed by atoms with Gasteiger partial charge in [0.2, 0.25) is 5.91 Å². The Balaban J connectivity index is 1.86. The van der Waals surface area contributed by atoms with Crippen molar-refractivity contribution in [1.82, 2.24) is 4.90 Å². The van der Waals surface area contributed by atoms with Crippen LogP contribution < -0.4 is 5.73 Å². The van der Waals surface area contributed by atoms with E-state index in [1.165, 1.54) is 17.3 Å². The van der Waals surface area contributed by atoms with Crippen molar-refractivity contribution in [1.29, 1.82) is 0 Å². The van der Waals surface area contributed by atoms with Crippen molar-refractivity contribution in [3.05, 3.63) is 59.7 Å². The SMILES string of the molecule is Cc1ccc(CN(C)C(=O)CSc2cccc(N)c2)cc1. The van der Waals surface area contributed by atoms with Gasteiger partial charge in [-0.15, -0.1) is 11.8 Å². The van der Waals surface area contributed by atoms with Gasteiger partial charge in [0.25, 0.3) is 0 Å². The summed E-state index contributed by atoms with van der Waals surface area (Å²) in [5.74, 6) is 0.536. The maximum Gasteiger partial charge on any atom is 0.232 e. The molecule has 2 aromatic rings. The zero-order valence-electron chi connectivity index (χ0n) is 12.4. The second-order valence-electron chi connectivity index (χ2n) is 5.10. The Hall–Kier alpha value is -1.94. The molecule has 0 aliphatic heterocycles. The fraction of sp³-hybridized carbons (Fsp3) is 0.235. The summed E-state index contributed by atoms with van der Waals surface area (Å²) < 4.78 is 0. The summed E-state index contributed by atoms with van der Waals surface area (Å²) in [4.78, 5) is 14.9. The smallest absolute Gasteiger partial charge is 0.232 e. The molecule has 0 heterocycles. The highest BCUT2D eigenvalue weighted by molar-refractivity contribution is 8.00. The maximum absolute atomic E-state index is 12.1. The highest BCUT2D eigenvalue weighted by Gasteiger charge is 2.10. The van der Waals surface area contributed by atoms with Crippen molar-refractivity contribution in [3.8, 4) is 0 Å². The van der Waals surface area contributed by atoms with Gasteiger partial charge in [0, 0.05) is 24.2 Å². The first-order valence-electron chi connectivity index (χ1n) is 6.82. The van der Waals surface area contributed by atoms with E-state index < -0.39 is 0 Å². The normalized spacial score (nSPS) is 10.4. The summed E-state index contributed by atoms with van der Waals surface area (Å²) in [6.07, 6.45) is 0. The standard InChI is InChI=1S/C17H20N2OS/c1-13-6-8-14(9-7-13)11-19(2)17(20)12-21-16-5-3-4-15(18)10-16/h3-10H,11-12,18H2,1-2H3. The molecule has 2 N–H and O–H groups in total. The van der Waals surface area contributed by atoms with E-state index in [4.69, 9.17) is 5.73 Å². The second kappa shape index (κ2) is 7.18. The molecule has 0 saturated carbocycles. The molecule has 1 amide bonds. The van der Waals surface area contributed by atoms with Crippen LogP contribution in [0.4, 0.5) is 5.69 Å². The van der Waals surface area contributed by atoms with Crippen LogP contribution in [0.3, 0.4) is 0 Å². The molecule has 0 radical (unpaired) electrons. The third-order valence-corrected chi connectivity index (χ3v) is 4.17. The molecular weight excluding hydrogens is 280 g/mol. The number of nitrogens with zero attached hydrogens (tertiary/aromatic N) is 1. The number of rotatable bonds is 5. The van der Waals surface area contributed by atoms with E-state index >= 15 is 0 Å².